The highest BCUT2D eigenvalue weighted by Crippen LogP contribution is 2.29. The van der Waals surface area contributed by atoms with Crippen molar-refractivity contribution in [3.63, 3.8) is 0 Å². The number of hydrogen-bond donors (Lipinski definition) is 1. The van der Waals surface area contributed by atoms with Gasteiger partial charge in [0.1, 0.15) is 6.61 Å². The molecule has 0 unspecified atom stereocenters. The maximum atomic E-state index is 11.9. The van der Waals surface area contributed by atoms with Gasteiger partial charge in [0.2, 0.25) is 0 Å². The van der Waals surface area contributed by atoms with Crippen LogP contribution in [-0.4, -0.2) is 23.3 Å². The lowest BCUT2D eigenvalue weighted by Gasteiger charge is -2.21. The van der Waals surface area contributed by atoms with Gasteiger partial charge in [-0.2, -0.15) is 5.26 Å². The van der Waals surface area contributed by atoms with Gasteiger partial charge in [0.25, 0.3) is 0 Å². The van der Waals surface area contributed by atoms with Crippen LogP contribution in [0.25, 0.3) is 0 Å². The van der Waals surface area contributed by atoms with Crippen LogP contribution in [0, 0.1) is 11.3 Å². The Hall–Kier alpha value is -1.86. The number of ether oxygens (including phenoxy) is 1. The predicted molar refractivity (Wildman–Crippen MR) is 69.5 cm³/mol. The highest BCUT2D eigenvalue weighted by Gasteiger charge is 2.32. The lowest BCUT2D eigenvalue weighted by Crippen LogP contribution is -2.32. The standard InChI is InChI=1S/C15H17NO3/c16-9-6-12-4-3-5-13(10-12)14(17)19-11-15(18)7-1-2-8-15/h3-5,10,18H,1-2,6-8,11H2. The van der Waals surface area contributed by atoms with Crippen molar-refractivity contribution in [2.45, 2.75) is 37.7 Å². The van der Waals surface area contributed by atoms with E-state index in [-0.39, 0.29) is 13.0 Å². The van der Waals surface area contributed by atoms with E-state index in [0.717, 1.165) is 18.4 Å². The fraction of sp³-hybridized carbons (Fsp3) is 0.467. The second-order valence-electron chi connectivity index (χ2n) is 5.04. The third-order valence-corrected chi connectivity index (χ3v) is 3.45. The van der Waals surface area contributed by atoms with Crippen LogP contribution < -0.4 is 0 Å². The largest absolute Gasteiger partial charge is 0.459 e. The summed E-state index contributed by atoms with van der Waals surface area (Å²) in [4.78, 5) is 11.9. The number of rotatable bonds is 4. The monoisotopic (exact) mass is 259 g/mol. The van der Waals surface area contributed by atoms with Crippen LogP contribution in [0.4, 0.5) is 0 Å². The summed E-state index contributed by atoms with van der Waals surface area (Å²) in [6.07, 6.45) is 3.60. The van der Waals surface area contributed by atoms with E-state index in [1.165, 1.54) is 0 Å². The van der Waals surface area contributed by atoms with Gasteiger partial charge in [-0.1, -0.05) is 25.0 Å². The molecule has 0 radical (unpaired) electrons. The number of nitriles is 1. The number of benzene rings is 1. The van der Waals surface area contributed by atoms with Gasteiger partial charge in [0.15, 0.2) is 0 Å². The average molecular weight is 259 g/mol. The first kappa shape index (κ1) is 13.6. The van der Waals surface area contributed by atoms with Crippen LogP contribution >= 0.6 is 0 Å². The summed E-state index contributed by atoms with van der Waals surface area (Å²) in [7, 11) is 0. The minimum Gasteiger partial charge on any atom is -0.459 e. The molecule has 100 valence electrons. The van der Waals surface area contributed by atoms with Crippen molar-refractivity contribution in [3.05, 3.63) is 35.4 Å². The fourth-order valence-electron chi connectivity index (χ4n) is 2.36. The predicted octanol–water partition coefficient (Wildman–Crippen LogP) is 2.21. The fourth-order valence-corrected chi connectivity index (χ4v) is 2.36. The first-order valence-corrected chi connectivity index (χ1v) is 6.48. The smallest absolute Gasteiger partial charge is 0.338 e. The zero-order valence-electron chi connectivity index (χ0n) is 10.8. The van der Waals surface area contributed by atoms with Gasteiger partial charge in [-0.25, -0.2) is 4.79 Å². The Kier molecular flexibility index (Phi) is 4.18. The molecule has 0 atom stereocenters. The Bertz CT molecular complexity index is 498. The van der Waals surface area contributed by atoms with Crippen molar-refractivity contribution < 1.29 is 14.6 Å². The van der Waals surface area contributed by atoms with Gasteiger partial charge in [-0.05, 0) is 30.5 Å². The summed E-state index contributed by atoms with van der Waals surface area (Å²) >= 11 is 0. The van der Waals surface area contributed by atoms with E-state index in [1.54, 1.807) is 24.3 Å². The molecule has 1 aromatic rings. The Morgan fingerprint density at radius 1 is 1.42 bits per heavy atom. The van der Waals surface area contributed by atoms with Crippen molar-refractivity contribution in [1.82, 2.24) is 0 Å². The zero-order valence-corrected chi connectivity index (χ0v) is 10.8. The molecule has 1 saturated carbocycles. The Balaban J connectivity index is 1.96. The maximum Gasteiger partial charge on any atom is 0.338 e. The lowest BCUT2D eigenvalue weighted by atomic mass is 10.0. The highest BCUT2D eigenvalue weighted by atomic mass is 16.5. The number of hydrogen-bond acceptors (Lipinski definition) is 4. The summed E-state index contributed by atoms with van der Waals surface area (Å²) < 4.78 is 5.18. The minimum absolute atomic E-state index is 0.0499. The van der Waals surface area contributed by atoms with Crippen molar-refractivity contribution in [3.8, 4) is 6.07 Å². The molecule has 0 amide bonds. The van der Waals surface area contributed by atoms with E-state index >= 15 is 0 Å². The van der Waals surface area contributed by atoms with E-state index in [4.69, 9.17) is 10.00 Å². The van der Waals surface area contributed by atoms with E-state index in [0.29, 0.717) is 18.4 Å². The Labute approximate surface area is 112 Å². The molecule has 4 heteroatoms. The molecule has 19 heavy (non-hydrogen) atoms. The van der Waals surface area contributed by atoms with E-state index < -0.39 is 11.6 Å². The van der Waals surface area contributed by atoms with Crippen molar-refractivity contribution in [1.29, 1.82) is 5.26 Å². The molecule has 1 aromatic carbocycles. The second-order valence-corrected chi connectivity index (χ2v) is 5.04. The minimum atomic E-state index is -0.847. The number of esters is 1. The summed E-state index contributed by atoms with van der Waals surface area (Å²) in [6.45, 7) is 0.0499. The normalized spacial score (nSPS) is 16.8. The molecule has 1 N–H and O–H groups in total. The highest BCUT2D eigenvalue weighted by molar-refractivity contribution is 5.89. The summed E-state index contributed by atoms with van der Waals surface area (Å²) in [5.41, 5.74) is 0.366. The number of carbonyl (C=O) groups is 1. The van der Waals surface area contributed by atoms with Crippen LogP contribution in [-0.2, 0) is 11.2 Å². The zero-order chi connectivity index (χ0) is 13.7. The quantitative estimate of drug-likeness (QED) is 0.842. The van der Waals surface area contributed by atoms with Gasteiger partial charge in [0, 0.05) is 0 Å². The van der Waals surface area contributed by atoms with Gasteiger partial charge in [0.05, 0.1) is 23.7 Å². The molecule has 0 bridgehead atoms. The van der Waals surface area contributed by atoms with Crippen molar-refractivity contribution >= 4 is 5.97 Å². The van der Waals surface area contributed by atoms with Crippen LogP contribution in [0.2, 0.25) is 0 Å². The molecular formula is C15H17NO3. The number of aliphatic hydroxyl groups is 1. The van der Waals surface area contributed by atoms with Crippen LogP contribution in [0.15, 0.2) is 24.3 Å². The molecule has 0 aliphatic heterocycles. The number of carbonyl (C=O) groups excluding carboxylic acids is 1. The third-order valence-electron chi connectivity index (χ3n) is 3.45. The molecular weight excluding hydrogens is 242 g/mol. The van der Waals surface area contributed by atoms with Crippen LogP contribution in [0.5, 0.6) is 0 Å². The molecule has 1 aliphatic carbocycles. The molecule has 1 fully saturated rings. The lowest BCUT2D eigenvalue weighted by molar-refractivity contribution is -0.0275. The van der Waals surface area contributed by atoms with Crippen LogP contribution in [0.1, 0.15) is 41.6 Å². The summed E-state index contributed by atoms with van der Waals surface area (Å²) in [6, 6.07) is 8.88. The summed E-state index contributed by atoms with van der Waals surface area (Å²) in [5.74, 6) is -0.444. The Morgan fingerprint density at radius 2 is 2.16 bits per heavy atom. The molecule has 0 saturated heterocycles. The molecule has 1 aliphatic rings. The molecule has 2 rings (SSSR count). The summed E-state index contributed by atoms with van der Waals surface area (Å²) in [5, 5.41) is 18.7. The third kappa shape index (κ3) is 3.55. The van der Waals surface area contributed by atoms with Gasteiger partial charge >= 0.3 is 5.97 Å². The van der Waals surface area contributed by atoms with E-state index in [1.807, 2.05) is 6.07 Å². The van der Waals surface area contributed by atoms with Gasteiger partial charge < -0.3 is 9.84 Å². The maximum absolute atomic E-state index is 11.9. The molecule has 0 spiro atoms. The van der Waals surface area contributed by atoms with Crippen molar-refractivity contribution in [2.75, 3.05) is 6.61 Å². The van der Waals surface area contributed by atoms with Gasteiger partial charge in [-0.15, -0.1) is 0 Å². The van der Waals surface area contributed by atoms with Crippen molar-refractivity contribution in [2.24, 2.45) is 0 Å². The molecule has 4 nitrogen and oxygen atoms in total. The van der Waals surface area contributed by atoms with E-state index in [2.05, 4.69) is 0 Å². The average Bonchev–Trinajstić information content (AvgIpc) is 2.84. The SMILES string of the molecule is N#CCc1cccc(C(=O)OCC2(O)CCCC2)c1. The molecule has 0 aromatic heterocycles. The number of nitrogens with zero attached hydrogens (tertiary/aromatic N) is 1. The van der Waals surface area contributed by atoms with E-state index in [9.17, 15) is 9.90 Å². The first-order chi connectivity index (χ1) is 9.13. The van der Waals surface area contributed by atoms with Crippen LogP contribution in [0.3, 0.4) is 0 Å². The first-order valence-electron chi connectivity index (χ1n) is 6.48. The second kappa shape index (κ2) is 5.85. The Morgan fingerprint density at radius 3 is 2.84 bits per heavy atom. The molecule has 0 heterocycles. The van der Waals surface area contributed by atoms with Gasteiger partial charge in [-0.3, -0.25) is 0 Å². The topological polar surface area (TPSA) is 70.3 Å².